The minimum atomic E-state index is -3.75. The van der Waals surface area contributed by atoms with Crippen molar-refractivity contribution in [3.63, 3.8) is 0 Å². The van der Waals surface area contributed by atoms with Crippen molar-refractivity contribution in [1.29, 1.82) is 0 Å². The van der Waals surface area contributed by atoms with Gasteiger partial charge in [0.1, 0.15) is 6.54 Å². The van der Waals surface area contributed by atoms with Crippen molar-refractivity contribution in [2.75, 3.05) is 13.1 Å². The molecule has 0 bridgehead atoms. The van der Waals surface area contributed by atoms with Crippen LogP contribution in [0.5, 0.6) is 0 Å². The smallest absolute Gasteiger partial charge is 0.325 e. The quantitative estimate of drug-likeness (QED) is 0.728. The lowest BCUT2D eigenvalue weighted by atomic mass is 10.0. The van der Waals surface area contributed by atoms with Crippen LogP contribution in [0.15, 0.2) is 53.4 Å². The van der Waals surface area contributed by atoms with Crippen molar-refractivity contribution in [3.05, 3.63) is 65.2 Å². The van der Waals surface area contributed by atoms with E-state index < -0.39 is 21.9 Å². The molecule has 8 heteroatoms. The molecule has 2 aromatic rings. The maximum atomic E-state index is 13.1. The van der Waals surface area contributed by atoms with Gasteiger partial charge in [0.05, 0.1) is 11.0 Å². The van der Waals surface area contributed by atoms with Crippen LogP contribution in [0.3, 0.4) is 0 Å². The number of esters is 1. The van der Waals surface area contributed by atoms with Crippen molar-refractivity contribution in [2.45, 2.75) is 37.8 Å². The van der Waals surface area contributed by atoms with Crippen LogP contribution in [0, 0.1) is 0 Å². The second-order valence-electron chi connectivity index (χ2n) is 7.11. The number of carbonyl (C=O) groups is 2. The van der Waals surface area contributed by atoms with E-state index in [4.69, 9.17) is 4.74 Å². The molecule has 154 valence electrons. The summed E-state index contributed by atoms with van der Waals surface area (Å²) in [5, 5.41) is 2.45. The third kappa shape index (κ3) is 5.02. The fourth-order valence-electron chi connectivity index (χ4n) is 3.18. The highest BCUT2D eigenvalue weighted by atomic mass is 32.2. The van der Waals surface area contributed by atoms with Crippen LogP contribution in [0.4, 0.5) is 0 Å². The molecule has 1 N–H and O–H groups in total. The molecule has 1 aliphatic rings. The van der Waals surface area contributed by atoms with E-state index in [0.717, 1.165) is 11.1 Å². The summed E-state index contributed by atoms with van der Waals surface area (Å²) in [5.74, 6) is -1.09. The van der Waals surface area contributed by atoms with Crippen molar-refractivity contribution >= 4 is 21.9 Å². The molecule has 1 aliphatic heterocycles. The summed E-state index contributed by atoms with van der Waals surface area (Å²) in [5.41, 5.74) is 2.31. The van der Waals surface area contributed by atoms with E-state index in [9.17, 15) is 18.0 Å². The largest absolute Gasteiger partial charge is 0.462 e. The molecule has 29 heavy (non-hydrogen) atoms. The number of nitrogens with zero attached hydrogens (tertiary/aromatic N) is 1. The van der Waals surface area contributed by atoms with Crippen LogP contribution in [0.25, 0.3) is 0 Å². The van der Waals surface area contributed by atoms with Crippen molar-refractivity contribution in [3.8, 4) is 0 Å². The molecule has 1 amide bonds. The number of ether oxygens (including phenoxy) is 1. The Labute approximate surface area is 170 Å². The summed E-state index contributed by atoms with van der Waals surface area (Å²) in [6.45, 7) is 3.84. The molecule has 0 aliphatic carbocycles. The molecular formula is C21H24N2O5S. The predicted octanol–water partition coefficient (Wildman–Crippen LogP) is 2.11. The van der Waals surface area contributed by atoms with Gasteiger partial charge in [-0.25, -0.2) is 8.42 Å². The molecular weight excluding hydrogens is 392 g/mol. The molecule has 2 aromatic carbocycles. The van der Waals surface area contributed by atoms with Gasteiger partial charge in [-0.05, 0) is 49.6 Å². The van der Waals surface area contributed by atoms with E-state index in [0.29, 0.717) is 19.5 Å². The molecule has 0 unspecified atom stereocenters. The van der Waals surface area contributed by atoms with Gasteiger partial charge in [-0.1, -0.05) is 30.3 Å². The van der Waals surface area contributed by atoms with E-state index in [2.05, 4.69) is 5.32 Å². The number of amides is 1. The van der Waals surface area contributed by atoms with Crippen LogP contribution >= 0.6 is 0 Å². The predicted molar refractivity (Wildman–Crippen MR) is 108 cm³/mol. The molecule has 0 spiro atoms. The van der Waals surface area contributed by atoms with Crippen molar-refractivity contribution < 1.29 is 22.7 Å². The Morgan fingerprint density at radius 3 is 2.55 bits per heavy atom. The fourth-order valence-corrected chi connectivity index (χ4v) is 4.65. The fraction of sp³-hybridized carbons (Fsp3) is 0.333. The van der Waals surface area contributed by atoms with Gasteiger partial charge < -0.3 is 10.1 Å². The maximum Gasteiger partial charge on any atom is 0.325 e. The highest BCUT2D eigenvalue weighted by molar-refractivity contribution is 7.89. The number of hydrogen-bond acceptors (Lipinski definition) is 5. The first-order valence-electron chi connectivity index (χ1n) is 9.42. The summed E-state index contributed by atoms with van der Waals surface area (Å²) in [7, 11) is -3.75. The van der Waals surface area contributed by atoms with Crippen molar-refractivity contribution in [2.24, 2.45) is 0 Å². The summed E-state index contributed by atoms with van der Waals surface area (Å²) in [6, 6.07) is 13.6. The van der Waals surface area contributed by atoms with Crippen LogP contribution in [0.2, 0.25) is 0 Å². The van der Waals surface area contributed by atoms with Crippen LogP contribution < -0.4 is 5.32 Å². The molecule has 3 rings (SSSR count). The Morgan fingerprint density at radius 1 is 1.10 bits per heavy atom. The number of rotatable bonds is 6. The first kappa shape index (κ1) is 21.0. The molecule has 7 nitrogen and oxygen atoms in total. The van der Waals surface area contributed by atoms with Gasteiger partial charge in [-0.3, -0.25) is 9.59 Å². The van der Waals surface area contributed by atoms with Gasteiger partial charge in [-0.15, -0.1) is 0 Å². The lowest BCUT2D eigenvalue weighted by molar-refractivity contribution is -0.146. The van der Waals surface area contributed by atoms with Gasteiger partial charge in [0, 0.05) is 18.7 Å². The number of benzene rings is 2. The Morgan fingerprint density at radius 2 is 1.83 bits per heavy atom. The van der Waals surface area contributed by atoms with Crippen LogP contribution in [0.1, 0.15) is 35.3 Å². The minimum absolute atomic E-state index is 0.0503. The van der Waals surface area contributed by atoms with Gasteiger partial charge in [0.15, 0.2) is 0 Å². The molecule has 0 radical (unpaired) electrons. The maximum absolute atomic E-state index is 13.1. The second kappa shape index (κ2) is 8.75. The summed E-state index contributed by atoms with van der Waals surface area (Å²) in [6.07, 6.45) is 0.371. The Hall–Kier alpha value is -2.71. The van der Waals surface area contributed by atoms with Gasteiger partial charge in [0.2, 0.25) is 10.0 Å². The van der Waals surface area contributed by atoms with Crippen LogP contribution in [-0.4, -0.2) is 43.8 Å². The highest BCUT2D eigenvalue weighted by Gasteiger charge is 2.28. The third-order valence-corrected chi connectivity index (χ3v) is 6.43. The van der Waals surface area contributed by atoms with E-state index in [-0.39, 0.29) is 23.1 Å². The average molecular weight is 416 g/mol. The number of hydrogen-bond donors (Lipinski definition) is 1. The van der Waals surface area contributed by atoms with E-state index in [1.165, 1.54) is 28.6 Å². The summed E-state index contributed by atoms with van der Waals surface area (Å²) >= 11 is 0. The first-order chi connectivity index (χ1) is 13.8. The normalized spacial score (nSPS) is 14.3. The third-order valence-electron chi connectivity index (χ3n) is 4.59. The zero-order chi connectivity index (χ0) is 21.0. The lowest BCUT2D eigenvalue weighted by Crippen LogP contribution is -2.36. The first-order valence-corrected chi connectivity index (χ1v) is 10.9. The highest BCUT2D eigenvalue weighted by Crippen LogP contribution is 2.25. The van der Waals surface area contributed by atoms with E-state index in [1.807, 2.05) is 24.3 Å². The summed E-state index contributed by atoms with van der Waals surface area (Å²) in [4.78, 5) is 24.0. The van der Waals surface area contributed by atoms with Crippen LogP contribution in [-0.2, 0) is 32.5 Å². The molecule has 0 fully saturated rings. The number of sulfonamides is 1. The topological polar surface area (TPSA) is 92.8 Å². The Bertz CT molecular complexity index is 1020. The molecule has 0 saturated carbocycles. The van der Waals surface area contributed by atoms with Crippen molar-refractivity contribution in [1.82, 2.24) is 9.62 Å². The zero-order valence-corrected chi connectivity index (χ0v) is 17.2. The molecule has 1 heterocycles. The second-order valence-corrected chi connectivity index (χ2v) is 9.04. The number of nitrogens with one attached hydrogen (secondary N) is 1. The molecule has 0 aromatic heterocycles. The van der Waals surface area contributed by atoms with Gasteiger partial charge in [-0.2, -0.15) is 4.31 Å². The van der Waals surface area contributed by atoms with E-state index >= 15 is 0 Å². The summed E-state index contributed by atoms with van der Waals surface area (Å²) < 4.78 is 32.5. The van der Waals surface area contributed by atoms with E-state index in [1.54, 1.807) is 13.8 Å². The lowest BCUT2D eigenvalue weighted by Gasteiger charge is -2.28. The molecule has 0 atom stereocenters. The average Bonchev–Trinajstić information content (AvgIpc) is 2.71. The monoisotopic (exact) mass is 416 g/mol. The Balaban J connectivity index is 1.73. The zero-order valence-electron chi connectivity index (χ0n) is 16.4. The standard InChI is InChI=1S/C21H24N2O5S/c1-15(2)28-20(24)13-22-21(25)17-8-5-9-19(12-17)29(26,27)23-11-10-16-6-3-4-7-18(16)14-23/h3-9,12,15H,10-11,13-14H2,1-2H3,(H,22,25). The molecule has 0 saturated heterocycles. The SMILES string of the molecule is CC(C)OC(=O)CNC(=O)c1cccc(S(=O)(=O)N2CCc3ccccc3C2)c1. The number of fused-ring (bicyclic) bond motifs is 1. The number of carbonyl (C=O) groups excluding carboxylic acids is 2. The van der Waals surface area contributed by atoms with Gasteiger partial charge in [0.25, 0.3) is 5.91 Å². The Kier molecular flexibility index (Phi) is 6.34. The minimum Gasteiger partial charge on any atom is -0.462 e. The van der Waals surface area contributed by atoms with Gasteiger partial charge >= 0.3 is 5.97 Å².